The molecule has 0 unspecified atom stereocenters. The van der Waals surface area contributed by atoms with Crippen molar-refractivity contribution < 1.29 is 0 Å². The van der Waals surface area contributed by atoms with E-state index in [0.717, 1.165) is 28.1 Å². The quantitative estimate of drug-likeness (QED) is 0.709. The Morgan fingerprint density at radius 3 is 2.56 bits per heavy atom. The largest absolute Gasteiger partial charge is 0.369 e. The van der Waals surface area contributed by atoms with E-state index in [2.05, 4.69) is 23.0 Å². The van der Waals surface area contributed by atoms with E-state index in [1.54, 1.807) is 0 Å². The Labute approximate surface area is 105 Å². The van der Waals surface area contributed by atoms with Crippen LogP contribution in [0.25, 0.3) is 16.9 Å². The van der Waals surface area contributed by atoms with E-state index in [1.165, 1.54) is 0 Å². The van der Waals surface area contributed by atoms with Crippen LogP contribution in [0.3, 0.4) is 0 Å². The highest BCUT2D eigenvalue weighted by atomic mass is 15.2. The van der Waals surface area contributed by atoms with Crippen molar-refractivity contribution >= 4 is 17.1 Å². The van der Waals surface area contributed by atoms with Crippen LogP contribution in [-0.2, 0) is 0 Å². The van der Waals surface area contributed by atoms with E-state index < -0.39 is 0 Å². The van der Waals surface area contributed by atoms with E-state index in [0.29, 0.717) is 5.95 Å². The SMILES string of the molecule is Cc1ccc2nc(N)n(-c3ccccc3C)c2n1. The van der Waals surface area contributed by atoms with Crippen LogP contribution in [0.4, 0.5) is 5.95 Å². The first-order chi connectivity index (χ1) is 8.66. The molecule has 0 aliphatic rings. The van der Waals surface area contributed by atoms with Gasteiger partial charge in [0.2, 0.25) is 5.95 Å². The van der Waals surface area contributed by atoms with Crippen LogP contribution < -0.4 is 5.73 Å². The zero-order chi connectivity index (χ0) is 12.7. The summed E-state index contributed by atoms with van der Waals surface area (Å²) >= 11 is 0. The minimum absolute atomic E-state index is 0.470. The number of aromatic nitrogens is 3. The van der Waals surface area contributed by atoms with E-state index in [4.69, 9.17) is 5.73 Å². The van der Waals surface area contributed by atoms with Crippen LogP contribution in [-0.4, -0.2) is 14.5 Å². The average molecular weight is 238 g/mol. The molecule has 0 bridgehead atoms. The summed E-state index contributed by atoms with van der Waals surface area (Å²) < 4.78 is 1.90. The van der Waals surface area contributed by atoms with Gasteiger partial charge >= 0.3 is 0 Å². The van der Waals surface area contributed by atoms with Crippen LogP contribution in [0.15, 0.2) is 36.4 Å². The van der Waals surface area contributed by atoms with Gasteiger partial charge in [0.1, 0.15) is 5.52 Å². The third-order valence-corrected chi connectivity index (χ3v) is 3.03. The van der Waals surface area contributed by atoms with Gasteiger partial charge in [0.05, 0.1) is 5.69 Å². The van der Waals surface area contributed by atoms with Crippen molar-refractivity contribution in [3.63, 3.8) is 0 Å². The van der Waals surface area contributed by atoms with Crippen molar-refractivity contribution in [2.75, 3.05) is 5.73 Å². The maximum absolute atomic E-state index is 6.02. The van der Waals surface area contributed by atoms with Gasteiger partial charge in [-0.2, -0.15) is 0 Å². The van der Waals surface area contributed by atoms with Crippen LogP contribution in [0.1, 0.15) is 11.3 Å². The number of nitrogens with zero attached hydrogens (tertiary/aromatic N) is 3. The Balaban J connectivity index is 2.38. The summed E-state index contributed by atoms with van der Waals surface area (Å²) in [5.41, 5.74) is 10.8. The van der Waals surface area contributed by atoms with Crippen molar-refractivity contribution in [2.45, 2.75) is 13.8 Å². The molecule has 0 amide bonds. The van der Waals surface area contributed by atoms with Gasteiger partial charge in [-0.3, -0.25) is 4.57 Å². The monoisotopic (exact) mass is 238 g/mol. The molecule has 0 fully saturated rings. The number of nitrogens with two attached hydrogens (primary N) is 1. The lowest BCUT2D eigenvalue weighted by Crippen LogP contribution is -2.03. The summed E-state index contributed by atoms with van der Waals surface area (Å²) in [6, 6.07) is 12.0. The number of para-hydroxylation sites is 1. The lowest BCUT2D eigenvalue weighted by atomic mass is 10.2. The predicted molar refractivity (Wildman–Crippen MR) is 72.8 cm³/mol. The standard InChI is InChI=1S/C14H14N4/c1-9-5-3-4-6-12(9)18-13-11(17-14(18)15)8-7-10(2)16-13/h3-8H,1-2H3,(H2,15,17). The fourth-order valence-electron chi connectivity index (χ4n) is 2.12. The van der Waals surface area contributed by atoms with Gasteiger partial charge in [0, 0.05) is 5.69 Å². The Kier molecular flexibility index (Phi) is 2.30. The Morgan fingerprint density at radius 2 is 1.78 bits per heavy atom. The molecule has 0 saturated carbocycles. The minimum atomic E-state index is 0.470. The number of nitrogen functional groups attached to an aromatic ring is 1. The van der Waals surface area contributed by atoms with E-state index in [9.17, 15) is 0 Å². The van der Waals surface area contributed by atoms with Gasteiger partial charge in [-0.05, 0) is 37.6 Å². The second kappa shape index (κ2) is 3.84. The molecule has 2 heterocycles. The Morgan fingerprint density at radius 1 is 1.00 bits per heavy atom. The molecule has 0 spiro atoms. The van der Waals surface area contributed by atoms with Gasteiger partial charge in [0.25, 0.3) is 0 Å². The van der Waals surface area contributed by atoms with Crippen LogP contribution >= 0.6 is 0 Å². The summed E-state index contributed by atoms with van der Waals surface area (Å²) in [4.78, 5) is 8.88. The van der Waals surface area contributed by atoms with Crippen molar-refractivity contribution in [2.24, 2.45) is 0 Å². The number of hydrogen-bond donors (Lipinski definition) is 1. The molecule has 4 nitrogen and oxygen atoms in total. The Bertz CT molecular complexity index is 728. The third-order valence-electron chi connectivity index (χ3n) is 3.03. The normalized spacial score (nSPS) is 11.0. The highest BCUT2D eigenvalue weighted by Crippen LogP contribution is 2.23. The fourth-order valence-corrected chi connectivity index (χ4v) is 2.12. The predicted octanol–water partition coefficient (Wildman–Crippen LogP) is 2.62. The number of hydrogen-bond acceptors (Lipinski definition) is 3. The summed E-state index contributed by atoms with van der Waals surface area (Å²) in [5.74, 6) is 0.470. The number of benzene rings is 1. The molecule has 1 aromatic carbocycles. The maximum atomic E-state index is 6.02. The van der Waals surface area contributed by atoms with Crippen LogP contribution in [0.5, 0.6) is 0 Å². The third kappa shape index (κ3) is 1.54. The second-order valence-corrected chi connectivity index (χ2v) is 4.39. The van der Waals surface area contributed by atoms with Gasteiger partial charge in [-0.1, -0.05) is 18.2 Å². The second-order valence-electron chi connectivity index (χ2n) is 4.39. The van der Waals surface area contributed by atoms with Gasteiger partial charge in [-0.15, -0.1) is 0 Å². The number of pyridine rings is 1. The highest BCUT2D eigenvalue weighted by molar-refractivity contribution is 5.77. The molecule has 2 aromatic heterocycles. The first kappa shape index (κ1) is 10.8. The number of imidazole rings is 1. The molecule has 4 heteroatoms. The smallest absolute Gasteiger partial charge is 0.207 e. The highest BCUT2D eigenvalue weighted by Gasteiger charge is 2.12. The van der Waals surface area contributed by atoms with Gasteiger partial charge in [0.15, 0.2) is 5.65 Å². The summed E-state index contributed by atoms with van der Waals surface area (Å²) in [7, 11) is 0. The summed E-state index contributed by atoms with van der Waals surface area (Å²) in [5, 5.41) is 0. The van der Waals surface area contributed by atoms with Crippen LogP contribution in [0, 0.1) is 13.8 Å². The summed E-state index contributed by atoms with van der Waals surface area (Å²) in [6.07, 6.45) is 0. The number of aryl methyl sites for hydroxylation is 2. The molecule has 0 saturated heterocycles. The number of rotatable bonds is 1. The molecule has 90 valence electrons. The molecule has 0 radical (unpaired) electrons. The molecule has 2 N–H and O–H groups in total. The van der Waals surface area contributed by atoms with E-state index >= 15 is 0 Å². The molecule has 0 aliphatic heterocycles. The lowest BCUT2D eigenvalue weighted by Gasteiger charge is -2.09. The molecule has 3 rings (SSSR count). The first-order valence-corrected chi connectivity index (χ1v) is 5.84. The molecule has 3 aromatic rings. The molecule has 0 atom stereocenters. The average Bonchev–Trinajstić information content (AvgIpc) is 2.66. The van der Waals surface area contributed by atoms with Crippen molar-refractivity contribution in [3.05, 3.63) is 47.7 Å². The van der Waals surface area contributed by atoms with Crippen molar-refractivity contribution in [1.29, 1.82) is 0 Å². The van der Waals surface area contributed by atoms with Gasteiger partial charge in [-0.25, -0.2) is 9.97 Å². The first-order valence-electron chi connectivity index (χ1n) is 5.84. The lowest BCUT2D eigenvalue weighted by molar-refractivity contribution is 1.06. The summed E-state index contributed by atoms with van der Waals surface area (Å²) in [6.45, 7) is 4.02. The van der Waals surface area contributed by atoms with Crippen molar-refractivity contribution in [3.8, 4) is 5.69 Å². The number of anilines is 1. The van der Waals surface area contributed by atoms with Gasteiger partial charge < -0.3 is 5.73 Å². The zero-order valence-corrected chi connectivity index (χ0v) is 10.4. The molecule has 0 aliphatic carbocycles. The molecular formula is C14H14N4. The van der Waals surface area contributed by atoms with Crippen molar-refractivity contribution in [1.82, 2.24) is 14.5 Å². The zero-order valence-electron chi connectivity index (χ0n) is 10.4. The topological polar surface area (TPSA) is 56.7 Å². The van der Waals surface area contributed by atoms with E-state index in [1.807, 2.05) is 41.8 Å². The molecular weight excluding hydrogens is 224 g/mol. The molecule has 18 heavy (non-hydrogen) atoms. The Hall–Kier alpha value is -2.36. The van der Waals surface area contributed by atoms with Crippen LogP contribution in [0.2, 0.25) is 0 Å². The minimum Gasteiger partial charge on any atom is -0.369 e. The maximum Gasteiger partial charge on any atom is 0.207 e. The fraction of sp³-hybridized carbons (Fsp3) is 0.143. The number of fused-ring (bicyclic) bond motifs is 1. The van der Waals surface area contributed by atoms with E-state index in [-0.39, 0.29) is 0 Å².